The number of nitrogens with zero attached hydrogens (tertiary/aromatic N) is 2. The Kier molecular flexibility index (Phi) is 3.72. The van der Waals surface area contributed by atoms with Crippen LogP contribution in [0.3, 0.4) is 0 Å². The van der Waals surface area contributed by atoms with E-state index in [0.717, 1.165) is 5.56 Å². The number of hydrogen-bond donors (Lipinski definition) is 0. The standard InChI is InChI=1S/C17H15ClN2O4/c1-10-4-5-11(8-13(10)18)19-14-7-6-12(20(22)23)9-15(14)24-17(2,3)16(19)21/h4-9H,1-3H3. The number of nitro groups is 1. The van der Waals surface area contributed by atoms with Crippen LogP contribution in [0.4, 0.5) is 17.1 Å². The van der Waals surface area contributed by atoms with Crippen molar-refractivity contribution in [1.29, 1.82) is 0 Å². The lowest BCUT2D eigenvalue weighted by molar-refractivity contribution is -0.385. The summed E-state index contributed by atoms with van der Waals surface area (Å²) in [4.78, 5) is 24.8. The maximum atomic E-state index is 12.8. The molecule has 7 heteroatoms. The number of non-ortho nitro benzene ring substituents is 1. The smallest absolute Gasteiger partial charge is 0.275 e. The number of halogens is 1. The van der Waals surface area contributed by atoms with E-state index in [4.69, 9.17) is 16.3 Å². The number of amides is 1. The number of carbonyl (C=O) groups excluding carboxylic acids is 1. The van der Waals surface area contributed by atoms with Gasteiger partial charge >= 0.3 is 0 Å². The van der Waals surface area contributed by atoms with Crippen molar-refractivity contribution in [2.24, 2.45) is 0 Å². The SMILES string of the molecule is Cc1ccc(N2C(=O)C(C)(C)Oc3cc([N+](=O)[O-])ccc32)cc1Cl. The number of carbonyl (C=O) groups is 1. The molecule has 6 nitrogen and oxygen atoms in total. The summed E-state index contributed by atoms with van der Waals surface area (Å²) in [5, 5.41) is 11.5. The lowest BCUT2D eigenvalue weighted by Gasteiger charge is -2.38. The Hall–Kier alpha value is -2.60. The predicted molar refractivity (Wildman–Crippen MR) is 91.1 cm³/mol. The first-order chi connectivity index (χ1) is 11.2. The van der Waals surface area contributed by atoms with Crippen LogP contribution in [-0.2, 0) is 4.79 Å². The van der Waals surface area contributed by atoms with E-state index >= 15 is 0 Å². The fourth-order valence-corrected chi connectivity index (χ4v) is 2.73. The highest BCUT2D eigenvalue weighted by atomic mass is 35.5. The number of fused-ring (bicyclic) bond motifs is 1. The van der Waals surface area contributed by atoms with Gasteiger partial charge < -0.3 is 4.74 Å². The van der Waals surface area contributed by atoms with Gasteiger partial charge in [-0.05, 0) is 44.5 Å². The zero-order chi connectivity index (χ0) is 17.6. The minimum Gasteiger partial charge on any atom is -0.476 e. The van der Waals surface area contributed by atoms with Gasteiger partial charge in [0, 0.05) is 11.1 Å². The van der Waals surface area contributed by atoms with Crippen molar-refractivity contribution in [3.8, 4) is 5.75 Å². The number of hydrogen-bond acceptors (Lipinski definition) is 4. The van der Waals surface area contributed by atoms with Crippen molar-refractivity contribution in [1.82, 2.24) is 0 Å². The van der Waals surface area contributed by atoms with Crippen molar-refractivity contribution < 1.29 is 14.5 Å². The third kappa shape index (κ3) is 2.59. The normalized spacial score (nSPS) is 15.7. The second-order valence-corrected chi connectivity index (χ2v) is 6.50. The van der Waals surface area contributed by atoms with Gasteiger partial charge in [0.15, 0.2) is 11.4 Å². The Balaban J connectivity index is 2.20. The number of benzene rings is 2. The summed E-state index contributed by atoms with van der Waals surface area (Å²) in [5.74, 6) is 0.00858. The summed E-state index contributed by atoms with van der Waals surface area (Å²) in [7, 11) is 0. The Morgan fingerprint density at radius 2 is 1.92 bits per heavy atom. The van der Waals surface area contributed by atoms with E-state index in [9.17, 15) is 14.9 Å². The highest BCUT2D eigenvalue weighted by molar-refractivity contribution is 6.31. The lowest BCUT2D eigenvalue weighted by atomic mass is 10.0. The van der Waals surface area contributed by atoms with Gasteiger partial charge in [-0.15, -0.1) is 0 Å². The maximum absolute atomic E-state index is 12.8. The van der Waals surface area contributed by atoms with Gasteiger partial charge in [-0.1, -0.05) is 17.7 Å². The van der Waals surface area contributed by atoms with Crippen molar-refractivity contribution in [2.45, 2.75) is 26.4 Å². The van der Waals surface area contributed by atoms with E-state index in [0.29, 0.717) is 16.4 Å². The second-order valence-electron chi connectivity index (χ2n) is 6.10. The molecule has 3 rings (SSSR count). The van der Waals surface area contributed by atoms with Crippen LogP contribution in [0.5, 0.6) is 5.75 Å². The number of nitro benzene ring substituents is 1. The fraction of sp³-hybridized carbons (Fsp3) is 0.235. The number of anilines is 2. The van der Waals surface area contributed by atoms with Crippen LogP contribution in [0.25, 0.3) is 0 Å². The topological polar surface area (TPSA) is 72.7 Å². The molecule has 1 amide bonds. The van der Waals surface area contributed by atoms with Crippen molar-refractivity contribution >= 4 is 34.6 Å². The van der Waals surface area contributed by atoms with Crippen molar-refractivity contribution in [3.63, 3.8) is 0 Å². The number of ether oxygens (including phenoxy) is 1. The van der Waals surface area contributed by atoms with E-state index < -0.39 is 10.5 Å². The molecule has 0 N–H and O–H groups in total. The molecule has 2 aromatic rings. The molecule has 0 aromatic heterocycles. The number of aryl methyl sites for hydroxylation is 1. The molecule has 0 saturated carbocycles. The molecule has 0 radical (unpaired) electrons. The molecule has 1 heterocycles. The van der Waals surface area contributed by atoms with E-state index in [-0.39, 0.29) is 17.3 Å². The Morgan fingerprint density at radius 1 is 1.21 bits per heavy atom. The molecule has 24 heavy (non-hydrogen) atoms. The van der Waals surface area contributed by atoms with Crippen molar-refractivity contribution in [3.05, 3.63) is 57.1 Å². The summed E-state index contributed by atoms with van der Waals surface area (Å²) in [5.41, 5.74) is 0.677. The first-order valence-corrected chi connectivity index (χ1v) is 7.66. The van der Waals surface area contributed by atoms with Crippen LogP contribution >= 0.6 is 11.6 Å². The molecule has 124 valence electrons. The highest BCUT2D eigenvalue weighted by Crippen LogP contribution is 2.44. The monoisotopic (exact) mass is 346 g/mol. The Bertz CT molecular complexity index is 864. The van der Waals surface area contributed by atoms with Crippen LogP contribution in [0, 0.1) is 17.0 Å². The molecular weight excluding hydrogens is 332 g/mol. The van der Waals surface area contributed by atoms with Gasteiger partial charge in [-0.2, -0.15) is 0 Å². The van der Waals surface area contributed by atoms with Gasteiger partial charge in [-0.3, -0.25) is 19.8 Å². The molecule has 1 aliphatic heterocycles. The van der Waals surface area contributed by atoms with Crippen molar-refractivity contribution in [2.75, 3.05) is 4.90 Å². The van der Waals surface area contributed by atoms with Crippen LogP contribution in [0.2, 0.25) is 5.02 Å². The predicted octanol–water partition coefficient (Wildman–Crippen LogP) is 4.39. The zero-order valence-corrected chi connectivity index (χ0v) is 14.1. The molecule has 0 bridgehead atoms. The second kappa shape index (κ2) is 5.49. The summed E-state index contributed by atoms with van der Waals surface area (Å²) >= 11 is 6.19. The molecule has 0 saturated heterocycles. The van der Waals surface area contributed by atoms with E-state index in [2.05, 4.69) is 0 Å². The molecule has 0 atom stereocenters. The lowest BCUT2D eigenvalue weighted by Crippen LogP contribution is -2.50. The first kappa shape index (κ1) is 16.3. The quantitative estimate of drug-likeness (QED) is 0.597. The molecule has 0 aliphatic carbocycles. The van der Waals surface area contributed by atoms with Gasteiger partial charge in [0.25, 0.3) is 11.6 Å². The Morgan fingerprint density at radius 3 is 2.54 bits per heavy atom. The van der Waals surface area contributed by atoms with E-state index in [1.54, 1.807) is 26.0 Å². The molecule has 0 spiro atoms. The minimum atomic E-state index is -1.15. The van der Waals surface area contributed by atoms with Crippen LogP contribution in [0.1, 0.15) is 19.4 Å². The minimum absolute atomic E-state index is 0.0965. The summed E-state index contributed by atoms with van der Waals surface area (Å²) in [6, 6.07) is 9.48. The molecule has 0 fully saturated rings. The third-order valence-electron chi connectivity index (χ3n) is 3.89. The zero-order valence-electron chi connectivity index (χ0n) is 13.4. The Labute approximate surface area is 143 Å². The summed E-state index contributed by atoms with van der Waals surface area (Å²) < 4.78 is 5.70. The van der Waals surface area contributed by atoms with Gasteiger partial charge in [0.1, 0.15) is 0 Å². The largest absolute Gasteiger partial charge is 0.476 e. The van der Waals surface area contributed by atoms with Gasteiger partial charge in [0.05, 0.1) is 22.4 Å². The number of rotatable bonds is 2. The van der Waals surface area contributed by atoms with E-state index in [1.165, 1.54) is 23.1 Å². The van der Waals surface area contributed by atoms with Crippen LogP contribution in [0.15, 0.2) is 36.4 Å². The average molecular weight is 347 g/mol. The molecule has 1 aliphatic rings. The fourth-order valence-electron chi connectivity index (χ4n) is 2.56. The maximum Gasteiger partial charge on any atom is 0.275 e. The van der Waals surface area contributed by atoms with E-state index in [1.807, 2.05) is 13.0 Å². The summed E-state index contributed by atoms with van der Waals surface area (Å²) in [6.45, 7) is 5.12. The highest BCUT2D eigenvalue weighted by Gasteiger charge is 2.42. The molecular formula is C17H15ClN2O4. The van der Waals surface area contributed by atoms with Gasteiger partial charge in [-0.25, -0.2) is 0 Å². The third-order valence-corrected chi connectivity index (χ3v) is 4.30. The molecule has 2 aromatic carbocycles. The first-order valence-electron chi connectivity index (χ1n) is 7.29. The average Bonchev–Trinajstić information content (AvgIpc) is 2.50. The molecule has 0 unspecified atom stereocenters. The summed E-state index contributed by atoms with van der Waals surface area (Å²) in [6.07, 6.45) is 0. The van der Waals surface area contributed by atoms with Crippen LogP contribution < -0.4 is 9.64 Å². The van der Waals surface area contributed by atoms with Crippen LogP contribution in [-0.4, -0.2) is 16.4 Å². The van der Waals surface area contributed by atoms with Gasteiger partial charge in [0.2, 0.25) is 0 Å².